The minimum atomic E-state index is 0.101. The number of piperazine rings is 1. The molecule has 0 bridgehead atoms. The molecule has 2 aromatic heterocycles. The summed E-state index contributed by atoms with van der Waals surface area (Å²) in [6.07, 6.45) is 0. The number of hydrogen-bond acceptors (Lipinski definition) is 5. The van der Waals surface area contributed by atoms with Crippen LogP contribution in [0.15, 0.2) is 65.1 Å². The summed E-state index contributed by atoms with van der Waals surface area (Å²) in [7, 11) is 0. The first-order valence-corrected chi connectivity index (χ1v) is 11.1. The molecule has 1 aliphatic rings. The Hall–Kier alpha value is -3.61. The highest BCUT2D eigenvalue weighted by atomic mass is 16.4. The van der Waals surface area contributed by atoms with Crippen LogP contribution in [0, 0.1) is 0 Å². The van der Waals surface area contributed by atoms with E-state index >= 15 is 0 Å². The number of rotatable bonds is 5. The quantitative estimate of drug-likeness (QED) is 0.476. The Kier molecular flexibility index (Phi) is 5.39. The van der Waals surface area contributed by atoms with Gasteiger partial charge in [0.05, 0.1) is 0 Å². The maximum Gasteiger partial charge on any atom is 0.264 e. The third-order valence-electron chi connectivity index (χ3n) is 6.01. The molecule has 1 aliphatic heterocycles. The van der Waals surface area contributed by atoms with E-state index in [1.54, 1.807) is 0 Å². The molecule has 0 aliphatic carbocycles. The van der Waals surface area contributed by atoms with E-state index in [4.69, 9.17) is 4.42 Å². The zero-order chi connectivity index (χ0) is 22.1. The summed E-state index contributed by atoms with van der Waals surface area (Å²) in [5.74, 6) is 1.30. The number of carbonyl (C=O) groups is 1. The van der Waals surface area contributed by atoms with Gasteiger partial charge in [0.25, 0.3) is 5.89 Å². The van der Waals surface area contributed by atoms with Crippen LogP contribution in [-0.4, -0.2) is 51.8 Å². The van der Waals surface area contributed by atoms with Gasteiger partial charge in [-0.1, -0.05) is 50.2 Å². The summed E-state index contributed by atoms with van der Waals surface area (Å²) in [6, 6.07) is 20.4. The maximum absolute atomic E-state index is 13.3. The number of nitrogens with zero attached hydrogens (tertiary/aromatic N) is 5. The number of fused-ring (bicyclic) bond motifs is 1. The molecule has 7 nitrogen and oxygen atoms in total. The fourth-order valence-corrected chi connectivity index (χ4v) is 4.22. The summed E-state index contributed by atoms with van der Waals surface area (Å²) in [5, 5.41) is 9.49. The van der Waals surface area contributed by atoms with E-state index in [0.29, 0.717) is 24.9 Å². The van der Waals surface area contributed by atoms with Crippen molar-refractivity contribution in [3.63, 3.8) is 0 Å². The van der Waals surface area contributed by atoms with Crippen molar-refractivity contribution in [1.82, 2.24) is 19.7 Å². The molecule has 1 amide bonds. The van der Waals surface area contributed by atoms with E-state index < -0.39 is 0 Å². The van der Waals surface area contributed by atoms with E-state index in [-0.39, 0.29) is 18.4 Å². The Balaban J connectivity index is 1.37. The van der Waals surface area contributed by atoms with Gasteiger partial charge in [-0.3, -0.25) is 4.79 Å². The number of carbonyl (C=O) groups excluding carboxylic acids is 1. The lowest BCUT2D eigenvalue weighted by Crippen LogP contribution is -2.49. The third kappa shape index (κ3) is 3.86. The Bertz CT molecular complexity index is 1220. The Morgan fingerprint density at radius 2 is 1.69 bits per heavy atom. The lowest BCUT2D eigenvalue weighted by Gasteiger charge is -2.36. The number of amides is 1. The van der Waals surface area contributed by atoms with E-state index in [0.717, 1.165) is 29.7 Å². The number of aromatic nitrogens is 3. The third-order valence-corrected chi connectivity index (χ3v) is 6.01. The van der Waals surface area contributed by atoms with Crippen LogP contribution < -0.4 is 4.90 Å². The fraction of sp³-hybridized carbons (Fsp3) is 0.320. The topological polar surface area (TPSA) is 67.4 Å². The highest BCUT2D eigenvalue weighted by molar-refractivity contribution is 5.88. The van der Waals surface area contributed by atoms with Crippen LogP contribution in [0.1, 0.15) is 25.7 Å². The molecule has 32 heavy (non-hydrogen) atoms. The van der Waals surface area contributed by atoms with E-state index in [1.807, 2.05) is 71.8 Å². The molecular weight excluding hydrogens is 402 g/mol. The van der Waals surface area contributed by atoms with Crippen molar-refractivity contribution in [2.24, 2.45) is 0 Å². The van der Waals surface area contributed by atoms with Crippen molar-refractivity contribution >= 4 is 22.5 Å². The normalized spacial score (nSPS) is 14.5. The first-order chi connectivity index (χ1) is 15.6. The largest absolute Gasteiger partial charge is 0.419 e. The molecule has 0 N–H and O–H groups in total. The molecule has 164 valence electrons. The van der Waals surface area contributed by atoms with E-state index in [1.165, 1.54) is 5.69 Å². The van der Waals surface area contributed by atoms with Crippen LogP contribution in [0.2, 0.25) is 0 Å². The molecule has 7 heteroatoms. The van der Waals surface area contributed by atoms with Crippen molar-refractivity contribution in [1.29, 1.82) is 0 Å². The first kappa shape index (κ1) is 20.3. The van der Waals surface area contributed by atoms with Gasteiger partial charge in [0.1, 0.15) is 12.2 Å². The standard InChI is InChI=1S/C25H27N5O2/c1-18(2)24-26-27-25(32-24)22-16-19-8-6-7-11-21(19)30(22)17-23(31)29-14-12-28(13-15-29)20-9-4-3-5-10-20/h3-11,16,18H,12-15,17H2,1-2H3. The smallest absolute Gasteiger partial charge is 0.264 e. The van der Waals surface area contributed by atoms with Crippen molar-refractivity contribution in [3.05, 3.63) is 66.6 Å². The van der Waals surface area contributed by atoms with Crippen LogP contribution in [-0.2, 0) is 11.3 Å². The second-order valence-corrected chi connectivity index (χ2v) is 8.48. The van der Waals surface area contributed by atoms with Crippen LogP contribution in [0.5, 0.6) is 0 Å². The predicted octanol–water partition coefficient (Wildman–Crippen LogP) is 4.16. The zero-order valence-corrected chi connectivity index (χ0v) is 18.4. The van der Waals surface area contributed by atoms with Gasteiger partial charge < -0.3 is 18.8 Å². The number of hydrogen-bond donors (Lipinski definition) is 0. The maximum atomic E-state index is 13.3. The van der Waals surface area contributed by atoms with Crippen molar-refractivity contribution < 1.29 is 9.21 Å². The van der Waals surface area contributed by atoms with Crippen molar-refractivity contribution in [2.45, 2.75) is 26.3 Å². The molecule has 0 unspecified atom stereocenters. The van der Waals surface area contributed by atoms with Gasteiger partial charge >= 0.3 is 0 Å². The fourth-order valence-electron chi connectivity index (χ4n) is 4.22. The van der Waals surface area contributed by atoms with Gasteiger partial charge in [-0.15, -0.1) is 10.2 Å². The average Bonchev–Trinajstić information content (AvgIpc) is 3.45. The van der Waals surface area contributed by atoms with E-state index in [2.05, 4.69) is 27.2 Å². The minimum absolute atomic E-state index is 0.101. The second-order valence-electron chi connectivity index (χ2n) is 8.48. The average molecular weight is 430 g/mol. The monoisotopic (exact) mass is 429 g/mol. The summed E-state index contributed by atoms with van der Waals surface area (Å²) < 4.78 is 7.92. The summed E-state index contributed by atoms with van der Waals surface area (Å²) in [5.41, 5.74) is 2.97. The highest BCUT2D eigenvalue weighted by Crippen LogP contribution is 2.29. The van der Waals surface area contributed by atoms with Gasteiger partial charge in [0.15, 0.2) is 0 Å². The van der Waals surface area contributed by atoms with Crippen molar-refractivity contribution in [2.75, 3.05) is 31.1 Å². The van der Waals surface area contributed by atoms with Crippen molar-refractivity contribution in [3.8, 4) is 11.6 Å². The van der Waals surface area contributed by atoms with Gasteiger partial charge in [-0.2, -0.15) is 0 Å². The summed E-state index contributed by atoms with van der Waals surface area (Å²) in [4.78, 5) is 17.5. The van der Waals surface area contributed by atoms with Gasteiger partial charge in [0, 0.05) is 48.7 Å². The number of para-hydroxylation sites is 2. The Morgan fingerprint density at radius 1 is 0.969 bits per heavy atom. The molecule has 0 spiro atoms. The molecule has 3 heterocycles. The van der Waals surface area contributed by atoms with Crippen LogP contribution in [0.3, 0.4) is 0 Å². The minimum Gasteiger partial charge on any atom is -0.419 e. The molecule has 0 radical (unpaired) electrons. The van der Waals surface area contributed by atoms with Gasteiger partial charge in [-0.05, 0) is 24.3 Å². The zero-order valence-electron chi connectivity index (χ0n) is 18.4. The lowest BCUT2D eigenvalue weighted by atomic mass is 10.2. The Morgan fingerprint density at radius 3 is 2.41 bits per heavy atom. The number of benzene rings is 2. The molecule has 1 fully saturated rings. The van der Waals surface area contributed by atoms with Crippen LogP contribution in [0.4, 0.5) is 5.69 Å². The molecule has 4 aromatic rings. The molecular formula is C25H27N5O2. The SMILES string of the molecule is CC(C)c1nnc(-c2cc3ccccc3n2CC(=O)N2CCN(c3ccccc3)CC2)o1. The van der Waals surface area contributed by atoms with Crippen LogP contribution >= 0.6 is 0 Å². The summed E-state index contributed by atoms with van der Waals surface area (Å²) in [6.45, 7) is 7.36. The molecule has 1 saturated heterocycles. The molecule has 5 rings (SSSR count). The second kappa shape index (κ2) is 8.49. The first-order valence-electron chi connectivity index (χ1n) is 11.1. The Labute approximate surface area is 187 Å². The highest BCUT2D eigenvalue weighted by Gasteiger charge is 2.24. The summed E-state index contributed by atoms with van der Waals surface area (Å²) >= 11 is 0. The number of anilines is 1. The van der Waals surface area contributed by atoms with Crippen LogP contribution in [0.25, 0.3) is 22.5 Å². The van der Waals surface area contributed by atoms with Gasteiger partial charge in [-0.25, -0.2) is 0 Å². The van der Waals surface area contributed by atoms with Gasteiger partial charge in [0.2, 0.25) is 11.8 Å². The van der Waals surface area contributed by atoms with E-state index in [9.17, 15) is 4.79 Å². The molecule has 2 aromatic carbocycles. The predicted molar refractivity (Wildman–Crippen MR) is 125 cm³/mol. The lowest BCUT2D eigenvalue weighted by molar-refractivity contribution is -0.132. The molecule has 0 atom stereocenters. The molecule has 0 saturated carbocycles.